The molecule has 0 spiro atoms. The molecule has 122 valence electrons. The first kappa shape index (κ1) is 18.0. The second-order valence-electron chi connectivity index (χ2n) is 5.39. The van der Waals surface area contributed by atoms with Crippen molar-refractivity contribution >= 4 is 11.9 Å². The minimum atomic E-state index is -0.977. The van der Waals surface area contributed by atoms with Gasteiger partial charge < -0.3 is 15.2 Å². The molecule has 5 heteroatoms. The molecule has 1 aromatic rings. The van der Waals surface area contributed by atoms with Crippen LogP contribution in [0, 0.1) is 5.92 Å². The Kier molecular flexibility index (Phi) is 8.04. The summed E-state index contributed by atoms with van der Waals surface area (Å²) in [5.41, 5.74) is 0. The first-order chi connectivity index (χ1) is 10.5. The van der Waals surface area contributed by atoms with Crippen molar-refractivity contribution in [1.82, 2.24) is 5.32 Å². The molecule has 0 heterocycles. The first-order valence-electron chi connectivity index (χ1n) is 7.75. The first-order valence-corrected chi connectivity index (χ1v) is 7.75. The number of hydrogen-bond acceptors (Lipinski definition) is 3. The predicted octanol–water partition coefficient (Wildman–Crippen LogP) is 2.85. The van der Waals surface area contributed by atoms with Gasteiger partial charge in [0.25, 0.3) is 0 Å². The van der Waals surface area contributed by atoms with E-state index < -0.39 is 12.0 Å². The number of para-hydroxylation sites is 1. The fourth-order valence-electron chi connectivity index (χ4n) is 1.98. The molecular weight excluding hydrogens is 282 g/mol. The molecule has 1 rings (SSSR count). The van der Waals surface area contributed by atoms with Gasteiger partial charge >= 0.3 is 5.97 Å². The zero-order valence-electron chi connectivity index (χ0n) is 13.2. The van der Waals surface area contributed by atoms with E-state index in [0.717, 1.165) is 18.6 Å². The molecule has 0 radical (unpaired) electrons. The van der Waals surface area contributed by atoms with E-state index in [2.05, 4.69) is 5.32 Å². The maximum atomic E-state index is 12.0. The van der Waals surface area contributed by atoms with E-state index in [0.29, 0.717) is 19.4 Å². The van der Waals surface area contributed by atoms with Crippen LogP contribution >= 0.6 is 0 Å². The third-order valence-corrected chi connectivity index (χ3v) is 3.47. The van der Waals surface area contributed by atoms with E-state index in [1.807, 2.05) is 37.3 Å². The molecule has 1 unspecified atom stereocenters. The van der Waals surface area contributed by atoms with Crippen LogP contribution < -0.4 is 10.1 Å². The molecule has 0 saturated carbocycles. The molecule has 0 bridgehead atoms. The third kappa shape index (κ3) is 6.61. The van der Waals surface area contributed by atoms with Crippen LogP contribution in [0.2, 0.25) is 0 Å². The number of aliphatic carboxylic acids is 1. The Balaban J connectivity index is 2.35. The number of carbonyl (C=O) groups excluding carboxylic acids is 1. The number of ether oxygens (including phenoxy) is 1. The summed E-state index contributed by atoms with van der Waals surface area (Å²) in [7, 11) is 0. The monoisotopic (exact) mass is 307 g/mol. The van der Waals surface area contributed by atoms with Gasteiger partial charge in [-0.1, -0.05) is 44.9 Å². The van der Waals surface area contributed by atoms with Crippen molar-refractivity contribution in [3.05, 3.63) is 30.3 Å². The summed E-state index contributed by atoms with van der Waals surface area (Å²) in [5.74, 6) is -0.733. The van der Waals surface area contributed by atoms with Crippen LogP contribution in [0.15, 0.2) is 30.3 Å². The van der Waals surface area contributed by atoms with Gasteiger partial charge in [-0.05, 0) is 25.0 Å². The maximum Gasteiger partial charge on any atom is 0.326 e. The quantitative estimate of drug-likeness (QED) is 0.697. The summed E-state index contributed by atoms with van der Waals surface area (Å²) in [6.07, 6.45) is 2.69. The second kappa shape index (κ2) is 9.82. The second-order valence-corrected chi connectivity index (χ2v) is 5.39. The van der Waals surface area contributed by atoms with E-state index in [1.54, 1.807) is 6.92 Å². The topological polar surface area (TPSA) is 75.6 Å². The van der Waals surface area contributed by atoms with E-state index in [1.165, 1.54) is 0 Å². The van der Waals surface area contributed by atoms with Gasteiger partial charge in [-0.25, -0.2) is 4.79 Å². The highest BCUT2D eigenvalue weighted by atomic mass is 16.5. The molecule has 0 aliphatic heterocycles. The molecule has 22 heavy (non-hydrogen) atoms. The van der Waals surface area contributed by atoms with Crippen molar-refractivity contribution in [3.8, 4) is 5.75 Å². The molecule has 1 aromatic carbocycles. The molecule has 0 saturated heterocycles. The normalized spacial score (nSPS) is 13.2. The van der Waals surface area contributed by atoms with Gasteiger partial charge in [0.1, 0.15) is 11.8 Å². The summed E-state index contributed by atoms with van der Waals surface area (Å²) >= 11 is 0. The highest BCUT2D eigenvalue weighted by molar-refractivity contribution is 5.84. The lowest BCUT2D eigenvalue weighted by atomic mass is 10.1. The summed E-state index contributed by atoms with van der Waals surface area (Å²) < 4.78 is 5.55. The average molecular weight is 307 g/mol. The maximum absolute atomic E-state index is 12.0. The van der Waals surface area contributed by atoms with Gasteiger partial charge in [0.15, 0.2) is 0 Å². The van der Waals surface area contributed by atoms with Crippen molar-refractivity contribution in [1.29, 1.82) is 0 Å². The molecule has 0 aromatic heterocycles. The van der Waals surface area contributed by atoms with Crippen LogP contribution in [0.1, 0.15) is 39.5 Å². The molecule has 0 aliphatic rings. The summed E-state index contributed by atoms with van der Waals surface area (Å²) in [4.78, 5) is 23.2. The van der Waals surface area contributed by atoms with Gasteiger partial charge in [-0.3, -0.25) is 4.79 Å². The summed E-state index contributed by atoms with van der Waals surface area (Å²) in [6.45, 7) is 4.19. The van der Waals surface area contributed by atoms with Crippen molar-refractivity contribution in [2.45, 2.75) is 45.6 Å². The number of carboxylic acid groups (broad SMARTS) is 1. The van der Waals surface area contributed by atoms with Gasteiger partial charge in [-0.2, -0.15) is 0 Å². The molecule has 2 atom stereocenters. The smallest absolute Gasteiger partial charge is 0.326 e. The lowest BCUT2D eigenvalue weighted by Gasteiger charge is -2.17. The van der Waals surface area contributed by atoms with Crippen LogP contribution in [0.5, 0.6) is 5.75 Å². The Morgan fingerprint density at radius 3 is 2.50 bits per heavy atom. The number of nitrogens with one attached hydrogen (secondary N) is 1. The highest BCUT2D eigenvalue weighted by Gasteiger charge is 2.22. The number of carboxylic acids is 1. The minimum Gasteiger partial charge on any atom is -0.494 e. The lowest BCUT2D eigenvalue weighted by molar-refractivity contribution is -0.142. The van der Waals surface area contributed by atoms with Crippen molar-refractivity contribution in [2.75, 3.05) is 6.61 Å². The molecule has 1 amide bonds. The van der Waals surface area contributed by atoms with Crippen LogP contribution in [0.3, 0.4) is 0 Å². The Bertz CT molecular complexity index is 461. The van der Waals surface area contributed by atoms with Gasteiger partial charge in [0.05, 0.1) is 6.61 Å². The van der Waals surface area contributed by atoms with Gasteiger partial charge in [-0.15, -0.1) is 0 Å². The van der Waals surface area contributed by atoms with Crippen LogP contribution in [0.25, 0.3) is 0 Å². The fourth-order valence-corrected chi connectivity index (χ4v) is 1.98. The van der Waals surface area contributed by atoms with Crippen LogP contribution in [-0.4, -0.2) is 29.6 Å². The Morgan fingerprint density at radius 1 is 1.23 bits per heavy atom. The van der Waals surface area contributed by atoms with Crippen LogP contribution in [-0.2, 0) is 9.59 Å². The van der Waals surface area contributed by atoms with Crippen molar-refractivity contribution < 1.29 is 19.4 Å². The number of carbonyl (C=O) groups is 2. The SMILES string of the molecule is CCCC[C@H](NC(=O)C(C)CCOc1ccccc1)C(=O)O. The van der Waals surface area contributed by atoms with Crippen LogP contribution in [0.4, 0.5) is 0 Å². The van der Waals surface area contributed by atoms with E-state index in [9.17, 15) is 9.59 Å². The molecule has 0 aliphatic carbocycles. The molecular formula is C17H25NO4. The van der Waals surface area contributed by atoms with E-state index >= 15 is 0 Å². The largest absolute Gasteiger partial charge is 0.494 e. The zero-order valence-corrected chi connectivity index (χ0v) is 13.2. The number of amides is 1. The standard InChI is InChI=1S/C17H25NO4/c1-3-4-10-15(17(20)21)18-16(19)13(2)11-12-22-14-8-6-5-7-9-14/h5-9,13,15H,3-4,10-12H2,1-2H3,(H,18,19)(H,20,21)/t13?,15-/m0/s1. The van der Waals surface area contributed by atoms with Crippen molar-refractivity contribution in [2.24, 2.45) is 5.92 Å². The van der Waals surface area contributed by atoms with Gasteiger partial charge in [0.2, 0.25) is 5.91 Å². The Morgan fingerprint density at radius 2 is 1.91 bits per heavy atom. The fraction of sp³-hybridized carbons (Fsp3) is 0.529. The number of hydrogen-bond donors (Lipinski definition) is 2. The summed E-state index contributed by atoms with van der Waals surface area (Å²) in [5, 5.41) is 11.7. The highest BCUT2D eigenvalue weighted by Crippen LogP contribution is 2.11. The Hall–Kier alpha value is -2.04. The van der Waals surface area contributed by atoms with Gasteiger partial charge in [0, 0.05) is 5.92 Å². The average Bonchev–Trinajstić information content (AvgIpc) is 2.51. The molecule has 2 N–H and O–H groups in total. The summed E-state index contributed by atoms with van der Waals surface area (Å²) in [6, 6.07) is 8.59. The third-order valence-electron chi connectivity index (χ3n) is 3.47. The zero-order chi connectivity index (χ0) is 16.4. The Labute approximate surface area is 131 Å². The van der Waals surface area contributed by atoms with Crippen molar-refractivity contribution in [3.63, 3.8) is 0 Å². The van der Waals surface area contributed by atoms with E-state index in [-0.39, 0.29) is 11.8 Å². The molecule has 0 fully saturated rings. The number of unbranched alkanes of at least 4 members (excludes halogenated alkanes) is 1. The predicted molar refractivity (Wildman–Crippen MR) is 84.8 cm³/mol. The minimum absolute atomic E-state index is 0.236. The number of benzene rings is 1. The molecule has 5 nitrogen and oxygen atoms in total. The van der Waals surface area contributed by atoms with E-state index in [4.69, 9.17) is 9.84 Å². The number of rotatable bonds is 10. The lowest BCUT2D eigenvalue weighted by Crippen LogP contribution is -2.43.